The molecule has 0 saturated heterocycles. The molecule has 0 fully saturated rings. The van der Waals surface area contributed by atoms with Gasteiger partial charge in [0.2, 0.25) is 0 Å². The molecule has 0 radical (unpaired) electrons. The molecule has 1 N–H and O–H groups in total. The SMILES string of the molecule is Clc1cc(Cl)c(N/N=C\c2cccc3ccccc23)c(Cl)c1. The van der Waals surface area contributed by atoms with Crippen molar-refractivity contribution in [3.8, 4) is 0 Å². The predicted octanol–water partition coefficient (Wildman–Crippen LogP) is 6.25. The minimum absolute atomic E-state index is 0.424. The third-order valence-corrected chi connectivity index (χ3v) is 4.02. The summed E-state index contributed by atoms with van der Waals surface area (Å²) < 4.78 is 0. The van der Waals surface area contributed by atoms with Crippen molar-refractivity contribution < 1.29 is 0 Å². The number of fused-ring (bicyclic) bond motifs is 1. The first-order chi connectivity index (χ1) is 10.6. The average molecular weight is 350 g/mol. The van der Waals surface area contributed by atoms with E-state index < -0.39 is 0 Å². The maximum Gasteiger partial charge on any atom is 0.0935 e. The average Bonchev–Trinajstić information content (AvgIpc) is 2.50. The highest BCUT2D eigenvalue weighted by atomic mass is 35.5. The quantitative estimate of drug-likeness (QED) is 0.439. The molecule has 0 saturated carbocycles. The summed E-state index contributed by atoms with van der Waals surface area (Å²) in [5, 5.41) is 7.85. The molecule has 3 rings (SSSR count). The van der Waals surface area contributed by atoms with Crippen molar-refractivity contribution in [1.29, 1.82) is 0 Å². The lowest BCUT2D eigenvalue weighted by atomic mass is 10.1. The molecule has 0 spiro atoms. The van der Waals surface area contributed by atoms with Crippen molar-refractivity contribution in [1.82, 2.24) is 0 Å². The topological polar surface area (TPSA) is 24.4 Å². The number of hydrogen-bond acceptors (Lipinski definition) is 2. The molecular weight excluding hydrogens is 339 g/mol. The minimum atomic E-state index is 0.424. The van der Waals surface area contributed by atoms with Crippen LogP contribution in [0, 0.1) is 0 Å². The Hall–Kier alpha value is -1.74. The Bertz CT molecular complexity index is 831. The summed E-state index contributed by atoms with van der Waals surface area (Å²) >= 11 is 18.1. The van der Waals surface area contributed by atoms with Gasteiger partial charge >= 0.3 is 0 Å². The summed E-state index contributed by atoms with van der Waals surface area (Å²) in [4.78, 5) is 0. The van der Waals surface area contributed by atoms with Crippen LogP contribution in [0.2, 0.25) is 15.1 Å². The molecule has 0 aliphatic carbocycles. The van der Waals surface area contributed by atoms with E-state index in [2.05, 4.69) is 28.7 Å². The molecule has 110 valence electrons. The molecule has 2 nitrogen and oxygen atoms in total. The summed E-state index contributed by atoms with van der Waals surface area (Å²) in [5.74, 6) is 0. The molecule has 0 aliphatic heterocycles. The van der Waals surface area contributed by atoms with E-state index in [1.165, 1.54) is 0 Å². The second kappa shape index (κ2) is 6.57. The lowest BCUT2D eigenvalue weighted by Gasteiger charge is -2.07. The maximum atomic E-state index is 6.11. The first kappa shape index (κ1) is 15.2. The molecule has 0 aromatic heterocycles. The van der Waals surface area contributed by atoms with Gasteiger partial charge < -0.3 is 0 Å². The fourth-order valence-electron chi connectivity index (χ4n) is 2.18. The van der Waals surface area contributed by atoms with Gasteiger partial charge in [-0.25, -0.2) is 0 Å². The molecule has 5 heteroatoms. The van der Waals surface area contributed by atoms with Crippen LogP contribution in [-0.4, -0.2) is 6.21 Å². The molecule has 0 bridgehead atoms. The Labute approximate surface area is 143 Å². The van der Waals surface area contributed by atoms with Crippen LogP contribution in [-0.2, 0) is 0 Å². The highest BCUT2D eigenvalue weighted by Gasteiger charge is 2.06. The van der Waals surface area contributed by atoms with Gasteiger partial charge in [0.15, 0.2) is 0 Å². The standard InChI is InChI=1S/C17H11Cl3N2/c18-13-8-15(19)17(16(20)9-13)22-21-10-12-6-3-5-11-4-1-2-7-14(11)12/h1-10,22H/b21-10-. The van der Waals surface area contributed by atoms with E-state index in [0.29, 0.717) is 20.8 Å². The van der Waals surface area contributed by atoms with E-state index in [9.17, 15) is 0 Å². The number of benzene rings is 3. The molecule has 0 atom stereocenters. The molecule has 3 aromatic rings. The van der Waals surface area contributed by atoms with Crippen LogP contribution in [0.4, 0.5) is 5.69 Å². The van der Waals surface area contributed by atoms with Crippen molar-refractivity contribution in [2.75, 3.05) is 5.43 Å². The lowest BCUT2D eigenvalue weighted by molar-refractivity contribution is 1.35. The first-order valence-corrected chi connectivity index (χ1v) is 7.70. The minimum Gasteiger partial charge on any atom is -0.275 e. The van der Waals surface area contributed by atoms with Gasteiger partial charge in [0.1, 0.15) is 0 Å². The van der Waals surface area contributed by atoms with E-state index in [1.807, 2.05) is 24.3 Å². The normalized spacial score (nSPS) is 11.2. The fourth-order valence-corrected chi connectivity index (χ4v) is 3.08. The van der Waals surface area contributed by atoms with Crippen LogP contribution in [0.1, 0.15) is 5.56 Å². The van der Waals surface area contributed by atoms with Gasteiger partial charge in [-0.3, -0.25) is 5.43 Å². The number of halogens is 3. The first-order valence-electron chi connectivity index (χ1n) is 6.56. The van der Waals surface area contributed by atoms with Crippen LogP contribution in [0.25, 0.3) is 10.8 Å². The monoisotopic (exact) mass is 348 g/mol. The van der Waals surface area contributed by atoms with Gasteiger partial charge in [-0.1, -0.05) is 77.3 Å². The second-order valence-electron chi connectivity index (χ2n) is 4.68. The summed E-state index contributed by atoms with van der Waals surface area (Å²) in [5.41, 5.74) is 4.41. The Morgan fingerprint density at radius 3 is 2.32 bits per heavy atom. The third kappa shape index (κ3) is 3.20. The van der Waals surface area contributed by atoms with Crippen LogP contribution >= 0.6 is 34.8 Å². The van der Waals surface area contributed by atoms with Gasteiger partial charge in [0.25, 0.3) is 0 Å². The van der Waals surface area contributed by atoms with Gasteiger partial charge in [0.05, 0.1) is 21.9 Å². The third-order valence-electron chi connectivity index (χ3n) is 3.21. The molecule has 22 heavy (non-hydrogen) atoms. The molecule has 0 aliphatic rings. The van der Waals surface area contributed by atoms with Gasteiger partial charge in [0, 0.05) is 10.6 Å². The summed E-state index contributed by atoms with van der Waals surface area (Å²) in [6.07, 6.45) is 1.74. The Kier molecular flexibility index (Phi) is 4.53. The smallest absolute Gasteiger partial charge is 0.0935 e. The summed E-state index contributed by atoms with van der Waals surface area (Å²) in [7, 11) is 0. The Morgan fingerprint density at radius 1 is 0.864 bits per heavy atom. The van der Waals surface area contributed by atoms with Gasteiger partial charge in [-0.05, 0) is 22.9 Å². The summed E-state index contributed by atoms with van der Waals surface area (Å²) in [6, 6.07) is 17.4. The fraction of sp³-hybridized carbons (Fsp3) is 0. The zero-order chi connectivity index (χ0) is 15.5. The Morgan fingerprint density at radius 2 is 1.55 bits per heavy atom. The summed E-state index contributed by atoms with van der Waals surface area (Å²) in [6.45, 7) is 0. The van der Waals surface area contributed by atoms with E-state index >= 15 is 0 Å². The number of nitrogens with zero attached hydrogens (tertiary/aromatic N) is 1. The van der Waals surface area contributed by atoms with Crippen LogP contribution in [0.3, 0.4) is 0 Å². The lowest BCUT2D eigenvalue weighted by Crippen LogP contribution is -1.93. The van der Waals surface area contributed by atoms with Crippen LogP contribution < -0.4 is 5.43 Å². The van der Waals surface area contributed by atoms with Crippen molar-refractivity contribution in [2.24, 2.45) is 5.10 Å². The van der Waals surface area contributed by atoms with Crippen LogP contribution in [0.5, 0.6) is 0 Å². The van der Waals surface area contributed by atoms with E-state index in [0.717, 1.165) is 16.3 Å². The molecule has 3 aromatic carbocycles. The van der Waals surface area contributed by atoms with Crippen molar-refractivity contribution in [3.63, 3.8) is 0 Å². The molecule has 0 unspecified atom stereocenters. The highest BCUT2D eigenvalue weighted by molar-refractivity contribution is 6.41. The van der Waals surface area contributed by atoms with E-state index in [1.54, 1.807) is 18.3 Å². The zero-order valence-corrected chi connectivity index (χ0v) is 13.6. The second-order valence-corrected chi connectivity index (χ2v) is 5.93. The number of nitrogens with one attached hydrogen (secondary N) is 1. The molecule has 0 amide bonds. The number of hydrazone groups is 1. The molecular formula is C17H11Cl3N2. The van der Waals surface area contributed by atoms with E-state index in [4.69, 9.17) is 34.8 Å². The number of anilines is 1. The van der Waals surface area contributed by atoms with Crippen molar-refractivity contribution in [2.45, 2.75) is 0 Å². The number of rotatable bonds is 3. The van der Waals surface area contributed by atoms with E-state index in [-0.39, 0.29) is 0 Å². The largest absolute Gasteiger partial charge is 0.275 e. The zero-order valence-electron chi connectivity index (χ0n) is 11.4. The van der Waals surface area contributed by atoms with Crippen molar-refractivity contribution in [3.05, 3.63) is 75.2 Å². The molecule has 0 heterocycles. The van der Waals surface area contributed by atoms with Gasteiger partial charge in [-0.15, -0.1) is 0 Å². The maximum absolute atomic E-state index is 6.11. The Balaban J connectivity index is 1.89. The predicted molar refractivity (Wildman–Crippen MR) is 96.6 cm³/mol. The van der Waals surface area contributed by atoms with Crippen LogP contribution in [0.15, 0.2) is 59.7 Å². The van der Waals surface area contributed by atoms with Crippen molar-refractivity contribution >= 4 is 57.5 Å². The number of hydrogen-bond donors (Lipinski definition) is 1. The highest BCUT2D eigenvalue weighted by Crippen LogP contribution is 2.33. The van der Waals surface area contributed by atoms with Gasteiger partial charge in [-0.2, -0.15) is 5.10 Å².